The maximum absolute atomic E-state index is 12.6. The Morgan fingerprint density at radius 3 is 2.25 bits per heavy atom. The van der Waals surface area contributed by atoms with Crippen molar-refractivity contribution in [3.63, 3.8) is 0 Å². The molecule has 164 valence electrons. The van der Waals surface area contributed by atoms with Gasteiger partial charge in [0.1, 0.15) is 4.90 Å². The molecule has 0 saturated carbocycles. The van der Waals surface area contributed by atoms with Crippen molar-refractivity contribution in [3.8, 4) is 0 Å². The van der Waals surface area contributed by atoms with E-state index in [0.29, 0.717) is 16.8 Å². The summed E-state index contributed by atoms with van der Waals surface area (Å²) in [7, 11) is 0.395. The molecule has 0 spiro atoms. The Hall–Kier alpha value is -3.49. The van der Waals surface area contributed by atoms with Gasteiger partial charge in [-0.3, -0.25) is 4.79 Å². The van der Waals surface area contributed by atoms with Crippen LogP contribution >= 0.6 is 0 Å². The largest absolute Gasteiger partial charge is 0.339 e. The van der Waals surface area contributed by atoms with Gasteiger partial charge in [-0.25, -0.2) is 0 Å². The van der Waals surface area contributed by atoms with Gasteiger partial charge >= 0.3 is 0 Å². The number of benzene rings is 3. The summed E-state index contributed by atoms with van der Waals surface area (Å²) < 4.78 is 28.2. The van der Waals surface area contributed by atoms with Gasteiger partial charge in [-0.1, -0.05) is 24.3 Å². The molecular weight excluding hydrogens is 424 g/mol. The SMILES string of the molecule is CN(C)CCc1ccc(NC(=O)c2ccc(NC3=NS(=O)(=O)c4ccccc43)cc2)cc1. The van der Waals surface area contributed by atoms with E-state index in [-0.39, 0.29) is 16.6 Å². The van der Waals surface area contributed by atoms with E-state index in [1.165, 1.54) is 11.6 Å². The fourth-order valence-electron chi connectivity index (χ4n) is 3.35. The van der Waals surface area contributed by atoms with E-state index in [4.69, 9.17) is 0 Å². The van der Waals surface area contributed by atoms with Crippen LogP contribution in [-0.2, 0) is 16.4 Å². The Labute approximate surface area is 187 Å². The van der Waals surface area contributed by atoms with Crippen molar-refractivity contribution in [1.29, 1.82) is 0 Å². The zero-order chi connectivity index (χ0) is 22.7. The molecule has 0 radical (unpaired) electrons. The molecular formula is C24H24N4O3S. The molecule has 32 heavy (non-hydrogen) atoms. The van der Waals surface area contributed by atoms with E-state index >= 15 is 0 Å². The second-order valence-corrected chi connectivity index (χ2v) is 9.39. The van der Waals surface area contributed by atoms with Crippen molar-refractivity contribution < 1.29 is 13.2 Å². The minimum atomic E-state index is -3.68. The van der Waals surface area contributed by atoms with Crippen molar-refractivity contribution >= 4 is 33.1 Å². The number of nitrogens with zero attached hydrogens (tertiary/aromatic N) is 2. The number of rotatable bonds is 6. The van der Waals surface area contributed by atoms with Crippen LogP contribution in [0, 0.1) is 0 Å². The van der Waals surface area contributed by atoms with E-state index in [0.717, 1.165) is 18.7 Å². The monoisotopic (exact) mass is 448 g/mol. The molecule has 0 unspecified atom stereocenters. The van der Waals surface area contributed by atoms with Crippen LogP contribution in [0.4, 0.5) is 11.4 Å². The predicted molar refractivity (Wildman–Crippen MR) is 127 cm³/mol. The van der Waals surface area contributed by atoms with E-state index in [2.05, 4.69) is 19.9 Å². The molecule has 0 atom stereocenters. The Bertz CT molecular complexity index is 1270. The third-order valence-corrected chi connectivity index (χ3v) is 6.44. The highest BCUT2D eigenvalue weighted by Crippen LogP contribution is 2.26. The zero-order valence-corrected chi connectivity index (χ0v) is 18.7. The third kappa shape index (κ3) is 4.87. The number of hydrogen-bond donors (Lipinski definition) is 2. The van der Waals surface area contributed by atoms with Gasteiger partial charge in [0.2, 0.25) is 0 Å². The summed E-state index contributed by atoms with van der Waals surface area (Å²) in [5.74, 6) is 0.0517. The first-order valence-corrected chi connectivity index (χ1v) is 11.6. The molecule has 1 heterocycles. The summed E-state index contributed by atoms with van der Waals surface area (Å²) in [6, 6.07) is 21.3. The average Bonchev–Trinajstić information content (AvgIpc) is 3.04. The molecule has 0 aliphatic carbocycles. The van der Waals surface area contributed by atoms with Gasteiger partial charge in [0.25, 0.3) is 15.9 Å². The number of carbonyl (C=O) groups excluding carboxylic acids is 1. The van der Waals surface area contributed by atoms with Crippen LogP contribution in [0.2, 0.25) is 0 Å². The predicted octanol–water partition coefficient (Wildman–Crippen LogP) is 3.60. The quantitative estimate of drug-likeness (QED) is 0.601. The highest BCUT2D eigenvalue weighted by molar-refractivity contribution is 7.90. The number of fused-ring (bicyclic) bond motifs is 1. The molecule has 0 bridgehead atoms. The van der Waals surface area contributed by atoms with Crippen LogP contribution < -0.4 is 10.6 Å². The summed E-state index contributed by atoms with van der Waals surface area (Å²) in [4.78, 5) is 14.9. The Kier molecular flexibility index (Phi) is 6.07. The van der Waals surface area contributed by atoms with Crippen LogP contribution in [0.3, 0.4) is 0 Å². The van der Waals surface area contributed by atoms with Gasteiger partial charge in [-0.2, -0.15) is 8.42 Å². The highest BCUT2D eigenvalue weighted by atomic mass is 32.2. The second-order valence-electron chi connectivity index (χ2n) is 7.82. The first-order chi connectivity index (χ1) is 15.3. The Morgan fingerprint density at radius 2 is 1.56 bits per heavy atom. The number of hydrogen-bond acceptors (Lipinski definition) is 5. The molecule has 8 heteroatoms. The lowest BCUT2D eigenvalue weighted by molar-refractivity contribution is 0.102. The first-order valence-electron chi connectivity index (χ1n) is 10.2. The smallest absolute Gasteiger partial charge is 0.285 e. The molecule has 2 N–H and O–H groups in total. The Balaban J connectivity index is 1.40. The van der Waals surface area contributed by atoms with Crippen LogP contribution in [0.25, 0.3) is 0 Å². The molecule has 0 fully saturated rings. The third-order valence-electron chi connectivity index (χ3n) is 5.10. The van der Waals surface area contributed by atoms with Crippen molar-refractivity contribution in [2.45, 2.75) is 11.3 Å². The zero-order valence-electron chi connectivity index (χ0n) is 17.9. The van der Waals surface area contributed by atoms with Crippen LogP contribution in [-0.4, -0.2) is 45.7 Å². The number of anilines is 2. The van der Waals surface area contributed by atoms with Crippen molar-refractivity contribution in [3.05, 3.63) is 89.5 Å². The lowest BCUT2D eigenvalue weighted by atomic mass is 10.1. The summed E-state index contributed by atoms with van der Waals surface area (Å²) in [5.41, 5.74) is 3.60. The molecule has 3 aromatic carbocycles. The summed E-state index contributed by atoms with van der Waals surface area (Å²) >= 11 is 0. The van der Waals surface area contributed by atoms with Gasteiger partial charge in [0.05, 0.1) is 0 Å². The summed E-state index contributed by atoms with van der Waals surface area (Å²) in [6.45, 7) is 0.968. The van der Waals surface area contributed by atoms with Gasteiger partial charge in [0, 0.05) is 29.0 Å². The molecule has 1 amide bonds. The van der Waals surface area contributed by atoms with Gasteiger partial charge < -0.3 is 15.5 Å². The maximum Gasteiger partial charge on any atom is 0.285 e. The van der Waals surface area contributed by atoms with Gasteiger partial charge in [0.15, 0.2) is 5.84 Å². The van der Waals surface area contributed by atoms with E-state index in [1.807, 2.05) is 38.4 Å². The maximum atomic E-state index is 12.6. The van der Waals surface area contributed by atoms with Gasteiger partial charge in [-0.05, 0) is 74.6 Å². The van der Waals surface area contributed by atoms with Crippen molar-refractivity contribution in [2.24, 2.45) is 4.40 Å². The normalized spacial score (nSPS) is 14.0. The number of nitrogens with one attached hydrogen (secondary N) is 2. The molecule has 0 aromatic heterocycles. The standard InChI is InChI=1S/C24H24N4O3S/c1-28(2)16-15-17-7-11-20(12-8-17)26-24(29)18-9-13-19(14-10-18)25-23-21-5-3-4-6-22(21)32(30,31)27-23/h3-14H,15-16H2,1-2H3,(H,25,27)(H,26,29). The topological polar surface area (TPSA) is 90.9 Å². The average molecular weight is 449 g/mol. The highest BCUT2D eigenvalue weighted by Gasteiger charge is 2.28. The molecule has 0 saturated heterocycles. The summed E-state index contributed by atoms with van der Waals surface area (Å²) in [6.07, 6.45) is 0.951. The first kappa shape index (κ1) is 21.7. The number of likely N-dealkylation sites (N-methyl/N-ethyl adjacent to an activating group) is 1. The number of carbonyl (C=O) groups is 1. The molecule has 7 nitrogen and oxygen atoms in total. The van der Waals surface area contributed by atoms with Crippen LogP contribution in [0.1, 0.15) is 21.5 Å². The lowest BCUT2D eigenvalue weighted by Crippen LogP contribution is -2.15. The molecule has 4 rings (SSSR count). The Morgan fingerprint density at radius 1 is 0.906 bits per heavy atom. The fraction of sp³-hybridized carbons (Fsp3) is 0.167. The summed E-state index contributed by atoms with van der Waals surface area (Å²) in [5, 5.41) is 5.92. The van der Waals surface area contributed by atoms with Crippen LogP contribution in [0.5, 0.6) is 0 Å². The minimum absolute atomic E-state index is 0.186. The van der Waals surface area contributed by atoms with E-state index < -0.39 is 10.0 Å². The van der Waals surface area contributed by atoms with Crippen LogP contribution in [0.15, 0.2) is 82.1 Å². The number of sulfonamides is 1. The number of amidine groups is 1. The second kappa shape index (κ2) is 8.94. The lowest BCUT2D eigenvalue weighted by Gasteiger charge is -2.10. The molecule has 1 aliphatic heterocycles. The number of amides is 1. The van der Waals surface area contributed by atoms with E-state index in [1.54, 1.807) is 42.5 Å². The van der Waals surface area contributed by atoms with Gasteiger partial charge in [-0.15, -0.1) is 4.40 Å². The fourth-order valence-corrected chi connectivity index (χ4v) is 4.52. The molecule has 3 aromatic rings. The minimum Gasteiger partial charge on any atom is -0.339 e. The van der Waals surface area contributed by atoms with Crippen molar-refractivity contribution in [1.82, 2.24) is 4.90 Å². The van der Waals surface area contributed by atoms with E-state index in [9.17, 15) is 13.2 Å². The van der Waals surface area contributed by atoms with Crippen molar-refractivity contribution in [2.75, 3.05) is 31.3 Å². The molecule has 1 aliphatic rings.